The highest BCUT2D eigenvalue weighted by Gasteiger charge is 2.10. The lowest BCUT2D eigenvalue weighted by molar-refractivity contribution is 0.548. The average molecular weight is 274 g/mol. The second-order valence-electron chi connectivity index (χ2n) is 3.31. The van der Waals surface area contributed by atoms with E-state index in [1.807, 2.05) is 6.07 Å². The molecule has 1 heterocycles. The number of nitrogens with one attached hydrogen (secondary N) is 1. The van der Waals surface area contributed by atoms with Crippen molar-refractivity contribution in [1.82, 2.24) is 5.32 Å². The first kappa shape index (κ1) is 13.9. The number of hydrogen-bond acceptors (Lipinski definition) is 3. The summed E-state index contributed by atoms with van der Waals surface area (Å²) in [6, 6.07) is 4.48. The third kappa shape index (κ3) is 4.80. The zero-order valence-corrected chi connectivity index (χ0v) is 11.7. The van der Waals surface area contributed by atoms with Crippen LogP contribution < -0.4 is 5.32 Å². The minimum atomic E-state index is 0.420. The van der Waals surface area contributed by atoms with Gasteiger partial charge in [-0.15, -0.1) is 29.5 Å². The van der Waals surface area contributed by atoms with Crippen molar-refractivity contribution in [3.63, 3.8) is 0 Å². The van der Waals surface area contributed by atoms with Crippen LogP contribution in [-0.2, 0) is 0 Å². The summed E-state index contributed by atoms with van der Waals surface area (Å²) in [6.45, 7) is 3.17. The van der Waals surface area contributed by atoms with Crippen molar-refractivity contribution in [3.05, 3.63) is 21.3 Å². The fraction of sp³-hybridized carbons (Fsp3) is 0.500. The van der Waals surface area contributed by atoms with Crippen molar-refractivity contribution >= 4 is 34.7 Å². The smallest absolute Gasteiger partial charge is 0.0931 e. The molecular weight excluding hydrogens is 258 g/mol. The first-order valence-corrected chi connectivity index (χ1v) is 7.62. The Balaban J connectivity index is 2.30. The maximum absolute atomic E-state index is 5.93. The van der Waals surface area contributed by atoms with Crippen LogP contribution in [0.3, 0.4) is 0 Å². The standard InChI is InChI=1S/C12H16ClNS2/c1-3-8-15-9-7-14-10(4-2)11-5-6-12(13)16-11/h1,5-6,10,14H,4,7-9H2,2H3. The quantitative estimate of drug-likeness (QED) is 0.599. The third-order valence-electron chi connectivity index (χ3n) is 2.17. The molecule has 0 amide bonds. The summed E-state index contributed by atoms with van der Waals surface area (Å²) < 4.78 is 0.858. The minimum absolute atomic E-state index is 0.420. The number of hydrogen-bond donors (Lipinski definition) is 1. The molecular formula is C12H16ClNS2. The molecule has 0 fully saturated rings. The van der Waals surface area contributed by atoms with E-state index in [1.165, 1.54) is 4.88 Å². The molecule has 4 heteroatoms. The van der Waals surface area contributed by atoms with E-state index in [2.05, 4.69) is 24.2 Å². The highest BCUT2D eigenvalue weighted by molar-refractivity contribution is 7.99. The van der Waals surface area contributed by atoms with Gasteiger partial charge in [0.05, 0.1) is 10.1 Å². The van der Waals surface area contributed by atoms with Gasteiger partial charge in [0, 0.05) is 23.2 Å². The molecule has 1 rings (SSSR count). The van der Waals surface area contributed by atoms with Crippen molar-refractivity contribution in [2.75, 3.05) is 18.1 Å². The molecule has 1 unspecified atom stereocenters. The van der Waals surface area contributed by atoms with Gasteiger partial charge >= 0.3 is 0 Å². The number of thiophene rings is 1. The Labute approximate surface area is 111 Å². The summed E-state index contributed by atoms with van der Waals surface area (Å²) in [5.41, 5.74) is 0. The van der Waals surface area contributed by atoms with Crippen LogP contribution in [0.15, 0.2) is 12.1 Å². The molecule has 1 aromatic rings. The third-order valence-corrected chi connectivity index (χ3v) is 4.38. The maximum atomic E-state index is 5.93. The lowest BCUT2D eigenvalue weighted by atomic mass is 10.2. The van der Waals surface area contributed by atoms with Gasteiger partial charge in [0.15, 0.2) is 0 Å². The minimum Gasteiger partial charge on any atom is -0.308 e. The molecule has 0 saturated carbocycles. The predicted octanol–water partition coefficient (Wildman–Crippen LogP) is 3.81. The summed E-state index contributed by atoms with van der Waals surface area (Å²) >= 11 is 9.37. The van der Waals surface area contributed by atoms with Crippen molar-refractivity contribution < 1.29 is 0 Å². The van der Waals surface area contributed by atoms with E-state index >= 15 is 0 Å². The molecule has 1 nitrogen and oxygen atoms in total. The van der Waals surface area contributed by atoms with Crippen molar-refractivity contribution in [2.45, 2.75) is 19.4 Å². The summed E-state index contributed by atoms with van der Waals surface area (Å²) in [5.74, 6) is 4.47. The summed E-state index contributed by atoms with van der Waals surface area (Å²) in [7, 11) is 0. The first-order chi connectivity index (χ1) is 7.77. The van der Waals surface area contributed by atoms with Gasteiger partial charge in [-0.05, 0) is 18.6 Å². The van der Waals surface area contributed by atoms with Crippen LogP contribution in [0.2, 0.25) is 4.34 Å². The van der Waals surface area contributed by atoms with E-state index in [0.717, 1.165) is 28.8 Å². The summed E-state index contributed by atoms with van der Waals surface area (Å²) in [5, 5.41) is 3.52. The molecule has 0 aromatic carbocycles. The second kappa shape index (κ2) is 8.03. The Morgan fingerprint density at radius 3 is 3.00 bits per heavy atom. The maximum Gasteiger partial charge on any atom is 0.0931 e. The molecule has 0 aliphatic rings. The van der Waals surface area contributed by atoms with Crippen molar-refractivity contribution in [1.29, 1.82) is 0 Å². The van der Waals surface area contributed by atoms with Gasteiger partial charge in [0.2, 0.25) is 0 Å². The number of terminal acetylenes is 1. The van der Waals surface area contributed by atoms with E-state index in [4.69, 9.17) is 18.0 Å². The lowest BCUT2D eigenvalue weighted by Crippen LogP contribution is -2.22. The van der Waals surface area contributed by atoms with Gasteiger partial charge < -0.3 is 5.32 Å². The van der Waals surface area contributed by atoms with Crippen LogP contribution >= 0.6 is 34.7 Å². The Morgan fingerprint density at radius 2 is 2.44 bits per heavy atom. The molecule has 1 aromatic heterocycles. The van der Waals surface area contributed by atoms with Crippen LogP contribution in [0.1, 0.15) is 24.3 Å². The highest BCUT2D eigenvalue weighted by atomic mass is 35.5. The average Bonchev–Trinajstić information content (AvgIpc) is 2.70. The molecule has 0 radical (unpaired) electrons. The van der Waals surface area contributed by atoms with E-state index in [0.29, 0.717) is 6.04 Å². The molecule has 16 heavy (non-hydrogen) atoms. The van der Waals surface area contributed by atoms with E-state index in [-0.39, 0.29) is 0 Å². The Bertz CT molecular complexity index is 343. The normalized spacial score (nSPS) is 12.3. The molecule has 0 bridgehead atoms. The van der Waals surface area contributed by atoms with Gasteiger partial charge in [-0.1, -0.05) is 24.4 Å². The number of rotatable bonds is 7. The Morgan fingerprint density at radius 1 is 1.62 bits per heavy atom. The van der Waals surface area contributed by atoms with Crippen LogP contribution in [0.5, 0.6) is 0 Å². The van der Waals surface area contributed by atoms with Gasteiger partial charge in [-0.3, -0.25) is 0 Å². The topological polar surface area (TPSA) is 12.0 Å². The fourth-order valence-corrected chi connectivity index (χ4v) is 3.14. The highest BCUT2D eigenvalue weighted by Crippen LogP contribution is 2.28. The zero-order valence-electron chi connectivity index (χ0n) is 9.33. The van der Waals surface area contributed by atoms with Gasteiger partial charge in [0.25, 0.3) is 0 Å². The second-order valence-corrected chi connectivity index (χ2v) is 6.17. The lowest BCUT2D eigenvalue weighted by Gasteiger charge is -2.14. The first-order valence-electron chi connectivity index (χ1n) is 5.27. The molecule has 0 aliphatic heterocycles. The zero-order chi connectivity index (χ0) is 11.8. The summed E-state index contributed by atoms with van der Waals surface area (Å²) in [4.78, 5) is 1.31. The van der Waals surface area contributed by atoms with Gasteiger partial charge in [-0.2, -0.15) is 0 Å². The van der Waals surface area contributed by atoms with Gasteiger partial charge in [0.1, 0.15) is 0 Å². The molecule has 0 saturated heterocycles. The fourth-order valence-electron chi connectivity index (χ4n) is 1.40. The predicted molar refractivity (Wildman–Crippen MR) is 76.5 cm³/mol. The Kier molecular flexibility index (Phi) is 6.98. The summed E-state index contributed by atoms with van der Waals surface area (Å²) in [6.07, 6.45) is 6.27. The molecule has 88 valence electrons. The van der Waals surface area contributed by atoms with Crippen LogP contribution in [0.4, 0.5) is 0 Å². The van der Waals surface area contributed by atoms with Gasteiger partial charge in [-0.25, -0.2) is 0 Å². The van der Waals surface area contributed by atoms with Crippen molar-refractivity contribution in [2.24, 2.45) is 0 Å². The SMILES string of the molecule is C#CCSCCNC(CC)c1ccc(Cl)s1. The number of thioether (sulfide) groups is 1. The van der Waals surface area contributed by atoms with E-state index in [9.17, 15) is 0 Å². The molecule has 0 spiro atoms. The van der Waals surface area contributed by atoms with E-state index in [1.54, 1.807) is 23.1 Å². The molecule has 1 atom stereocenters. The van der Waals surface area contributed by atoms with Crippen LogP contribution in [-0.4, -0.2) is 18.1 Å². The number of halogens is 1. The largest absolute Gasteiger partial charge is 0.308 e. The van der Waals surface area contributed by atoms with Crippen LogP contribution in [0, 0.1) is 12.3 Å². The molecule has 0 aliphatic carbocycles. The Hall–Kier alpha value is -0.140. The van der Waals surface area contributed by atoms with Crippen LogP contribution in [0.25, 0.3) is 0 Å². The molecule has 1 N–H and O–H groups in total. The van der Waals surface area contributed by atoms with E-state index < -0.39 is 0 Å². The van der Waals surface area contributed by atoms with Crippen molar-refractivity contribution in [3.8, 4) is 12.3 Å². The monoisotopic (exact) mass is 273 g/mol.